The molecule has 1 aliphatic heterocycles. The molecule has 0 saturated carbocycles. The second kappa shape index (κ2) is 3.00. The van der Waals surface area contributed by atoms with Crippen LogP contribution in [0, 0.1) is 0 Å². The summed E-state index contributed by atoms with van der Waals surface area (Å²) in [7, 11) is 1.62. The minimum absolute atomic E-state index is 0.0997. The maximum atomic E-state index is 11.6. The molecule has 0 atom stereocenters. The lowest BCUT2D eigenvalue weighted by Gasteiger charge is -1.99. The number of carbonyl (C=O) groups is 1. The van der Waals surface area contributed by atoms with Crippen molar-refractivity contribution in [3.63, 3.8) is 0 Å². The van der Waals surface area contributed by atoms with E-state index in [9.17, 15) is 4.79 Å². The fraction of sp³-hybridized carbons (Fsp3) is 0.200. The summed E-state index contributed by atoms with van der Waals surface area (Å²) in [6.45, 7) is 0. The Balaban J connectivity index is 2.31. The molecule has 2 aromatic rings. The molecule has 5 heteroatoms. The molecule has 1 aromatic heterocycles. The van der Waals surface area contributed by atoms with Gasteiger partial charge in [0, 0.05) is 6.07 Å². The van der Waals surface area contributed by atoms with E-state index < -0.39 is 0 Å². The Bertz CT molecular complexity index is 562. The zero-order valence-corrected chi connectivity index (χ0v) is 8.87. The van der Waals surface area contributed by atoms with Crippen LogP contribution in [0.4, 0.5) is 0 Å². The fourth-order valence-corrected chi connectivity index (χ4v) is 2.57. The van der Waals surface area contributed by atoms with Crippen molar-refractivity contribution in [2.45, 2.75) is 5.16 Å². The van der Waals surface area contributed by atoms with Gasteiger partial charge in [0.05, 0.1) is 23.9 Å². The van der Waals surface area contributed by atoms with Crippen LogP contribution in [0.15, 0.2) is 23.4 Å². The van der Waals surface area contributed by atoms with E-state index in [4.69, 9.17) is 4.74 Å². The molecule has 0 aliphatic carbocycles. The van der Waals surface area contributed by atoms with Crippen molar-refractivity contribution in [2.24, 2.45) is 0 Å². The monoisotopic (exact) mass is 220 g/mol. The van der Waals surface area contributed by atoms with Crippen LogP contribution in [-0.2, 0) is 0 Å². The highest BCUT2D eigenvalue weighted by atomic mass is 32.2. The lowest BCUT2D eigenvalue weighted by Crippen LogP contribution is -2.05. The summed E-state index contributed by atoms with van der Waals surface area (Å²) >= 11 is 1.48. The van der Waals surface area contributed by atoms with Crippen molar-refractivity contribution in [1.82, 2.24) is 9.55 Å². The molecule has 15 heavy (non-hydrogen) atoms. The summed E-state index contributed by atoms with van der Waals surface area (Å²) in [5.74, 6) is 1.35. The van der Waals surface area contributed by atoms with Gasteiger partial charge in [-0.25, -0.2) is 4.98 Å². The van der Waals surface area contributed by atoms with Crippen LogP contribution in [0.5, 0.6) is 5.75 Å². The van der Waals surface area contributed by atoms with Gasteiger partial charge in [-0.15, -0.1) is 0 Å². The van der Waals surface area contributed by atoms with E-state index in [2.05, 4.69) is 4.98 Å². The first-order valence-electron chi connectivity index (χ1n) is 4.52. The van der Waals surface area contributed by atoms with Gasteiger partial charge in [-0.1, -0.05) is 11.8 Å². The van der Waals surface area contributed by atoms with Crippen molar-refractivity contribution in [3.05, 3.63) is 18.2 Å². The number of hydrogen-bond acceptors (Lipinski definition) is 4. The van der Waals surface area contributed by atoms with Crippen LogP contribution in [0.3, 0.4) is 0 Å². The third-order valence-corrected chi connectivity index (χ3v) is 3.33. The maximum Gasteiger partial charge on any atom is 0.243 e. The predicted octanol–water partition coefficient (Wildman–Crippen LogP) is 1.79. The van der Waals surface area contributed by atoms with Crippen LogP contribution in [-0.4, -0.2) is 28.3 Å². The number of rotatable bonds is 1. The van der Waals surface area contributed by atoms with Crippen molar-refractivity contribution in [2.75, 3.05) is 12.9 Å². The number of ether oxygens (including phenoxy) is 1. The first kappa shape index (κ1) is 8.79. The van der Waals surface area contributed by atoms with Gasteiger partial charge in [0.15, 0.2) is 5.16 Å². The van der Waals surface area contributed by atoms with Crippen LogP contribution >= 0.6 is 11.8 Å². The van der Waals surface area contributed by atoms with E-state index in [1.54, 1.807) is 11.7 Å². The normalized spacial score (nSPS) is 14.6. The average Bonchev–Trinajstić information content (AvgIpc) is 2.77. The Hall–Kier alpha value is -1.49. The number of imidazole rings is 1. The molecule has 0 fully saturated rings. The Labute approximate surface area is 90.2 Å². The number of aromatic nitrogens is 2. The van der Waals surface area contributed by atoms with Gasteiger partial charge in [0.1, 0.15) is 5.75 Å². The summed E-state index contributed by atoms with van der Waals surface area (Å²) in [5.41, 5.74) is 1.67. The fourth-order valence-electron chi connectivity index (χ4n) is 1.69. The van der Waals surface area contributed by atoms with E-state index >= 15 is 0 Å². The average molecular weight is 220 g/mol. The molecule has 76 valence electrons. The first-order valence-corrected chi connectivity index (χ1v) is 5.50. The largest absolute Gasteiger partial charge is 0.497 e. The highest BCUT2D eigenvalue weighted by molar-refractivity contribution is 8.00. The Morgan fingerprint density at radius 3 is 3.20 bits per heavy atom. The summed E-state index contributed by atoms with van der Waals surface area (Å²) < 4.78 is 6.78. The predicted molar refractivity (Wildman–Crippen MR) is 57.6 cm³/mol. The molecular formula is C10H8N2O2S. The second-order valence-corrected chi connectivity index (χ2v) is 4.21. The van der Waals surface area contributed by atoms with Gasteiger partial charge in [-0.3, -0.25) is 9.36 Å². The Kier molecular flexibility index (Phi) is 1.76. The minimum Gasteiger partial charge on any atom is -0.497 e. The van der Waals surface area contributed by atoms with E-state index in [0.29, 0.717) is 5.75 Å². The van der Waals surface area contributed by atoms with E-state index in [1.165, 1.54) is 11.8 Å². The molecule has 0 unspecified atom stereocenters. The third kappa shape index (κ3) is 1.16. The van der Waals surface area contributed by atoms with Gasteiger partial charge in [0.25, 0.3) is 0 Å². The maximum absolute atomic E-state index is 11.6. The Morgan fingerprint density at radius 2 is 2.40 bits per heavy atom. The van der Waals surface area contributed by atoms with E-state index in [0.717, 1.165) is 21.9 Å². The first-order chi connectivity index (χ1) is 7.29. The molecule has 0 spiro atoms. The van der Waals surface area contributed by atoms with Gasteiger partial charge >= 0.3 is 0 Å². The van der Waals surface area contributed by atoms with Crippen molar-refractivity contribution in [1.29, 1.82) is 0 Å². The zero-order valence-electron chi connectivity index (χ0n) is 8.06. The van der Waals surface area contributed by atoms with Crippen molar-refractivity contribution in [3.8, 4) is 5.75 Å². The molecule has 0 N–H and O–H groups in total. The molecule has 4 nitrogen and oxygen atoms in total. The molecule has 0 bridgehead atoms. The van der Waals surface area contributed by atoms with Gasteiger partial charge in [-0.05, 0) is 12.1 Å². The summed E-state index contributed by atoms with van der Waals surface area (Å²) in [4.78, 5) is 15.9. The van der Waals surface area contributed by atoms with Crippen molar-refractivity contribution < 1.29 is 9.53 Å². The SMILES string of the molecule is COc1ccc2c(c1)nc1n2C(=O)CS1. The topological polar surface area (TPSA) is 44.1 Å². The second-order valence-electron chi connectivity index (χ2n) is 3.27. The van der Waals surface area contributed by atoms with Crippen LogP contribution in [0.25, 0.3) is 11.0 Å². The van der Waals surface area contributed by atoms with Crippen LogP contribution in [0.2, 0.25) is 0 Å². The molecule has 2 heterocycles. The standard InChI is InChI=1S/C10H8N2O2S/c1-14-6-2-3-8-7(4-6)11-10-12(8)9(13)5-15-10/h2-4H,5H2,1H3. The lowest BCUT2D eigenvalue weighted by atomic mass is 10.3. The molecule has 0 amide bonds. The quantitative estimate of drug-likeness (QED) is 0.735. The molecule has 3 rings (SSSR count). The third-order valence-electron chi connectivity index (χ3n) is 2.41. The number of hydrogen-bond donors (Lipinski definition) is 0. The van der Waals surface area contributed by atoms with E-state index in [1.807, 2.05) is 18.2 Å². The summed E-state index contributed by atoms with van der Waals surface area (Å²) in [6.07, 6.45) is 0. The summed E-state index contributed by atoms with van der Waals surface area (Å²) in [5, 5.41) is 0.781. The number of benzene rings is 1. The molecular weight excluding hydrogens is 212 g/mol. The molecule has 1 aliphatic rings. The highest BCUT2D eigenvalue weighted by Crippen LogP contribution is 2.31. The van der Waals surface area contributed by atoms with Crippen molar-refractivity contribution >= 4 is 28.7 Å². The van der Waals surface area contributed by atoms with Gasteiger partial charge in [-0.2, -0.15) is 0 Å². The number of methoxy groups -OCH3 is 1. The highest BCUT2D eigenvalue weighted by Gasteiger charge is 2.24. The smallest absolute Gasteiger partial charge is 0.243 e. The lowest BCUT2D eigenvalue weighted by molar-refractivity contribution is 0.0944. The van der Waals surface area contributed by atoms with Crippen LogP contribution in [0.1, 0.15) is 4.79 Å². The zero-order chi connectivity index (χ0) is 10.4. The van der Waals surface area contributed by atoms with Gasteiger partial charge in [0.2, 0.25) is 5.91 Å². The number of nitrogens with zero attached hydrogens (tertiary/aromatic N) is 2. The number of carbonyl (C=O) groups excluding carboxylic acids is 1. The van der Waals surface area contributed by atoms with Gasteiger partial charge < -0.3 is 4.74 Å². The minimum atomic E-state index is 0.0997. The number of fused-ring (bicyclic) bond motifs is 3. The molecule has 1 aromatic carbocycles. The Morgan fingerprint density at radius 1 is 1.53 bits per heavy atom. The summed E-state index contributed by atoms with van der Waals surface area (Å²) in [6, 6.07) is 5.55. The molecule has 0 radical (unpaired) electrons. The van der Waals surface area contributed by atoms with Crippen LogP contribution < -0.4 is 4.74 Å². The number of thioether (sulfide) groups is 1. The molecule has 0 saturated heterocycles. The van der Waals surface area contributed by atoms with E-state index in [-0.39, 0.29) is 5.91 Å².